The molecule has 0 amide bonds. The van der Waals surface area contributed by atoms with Crippen LogP contribution < -0.4 is 0 Å². The molecule has 1 rings (SSSR count). The lowest BCUT2D eigenvalue weighted by Gasteiger charge is -2.08. The first-order valence-corrected chi connectivity index (χ1v) is 2.45. The molecule has 0 aromatic carbocycles. The van der Waals surface area contributed by atoms with Crippen molar-refractivity contribution < 1.29 is 4.92 Å². The molecule has 1 aliphatic heterocycles. The average Bonchev–Trinajstić information content (AvgIpc) is 2.13. The van der Waals surface area contributed by atoms with Crippen molar-refractivity contribution in [2.24, 2.45) is 5.10 Å². The summed E-state index contributed by atoms with van der Waals surface area (Å²) in [6.07, 6.45) is 2.10. The Morgan fingerprint density at radius 3 is 2.78 bits per heavy atom. The number of hydrazone groups is 1. The van der Waals surface area contributed by atoms with E-state index >= 15 is 0 Å². The molecule has 1 unspecified atom stereocenters. The molecule has 0 saturated heterocycles. The summed E-state index contributed by atoms with van der Waals surface area (Å²) in [7, 11) is 1.56. The van der Waals surface area contributed by atoms with Gasteiger partial charge in [0.25, 0.3) is 0 Å². The highest BCUT2D eigenvalue weighted by Crippen LogP contribution is 2.05. The molecule has 1 radical (unpaired) electrons. The van der Waals surface area contributed by atoms with Gasteiger partial charge in [0.15, 0.2) is 0 Å². The van der Waals surface area contributed by atoms with E-state index in [4.69, 9.17) is 0 Å². The fourth-order valence-corrected chi connectivity index (χ4v) is 0.620. The van der Waals surface area contributed by atoms with Crippen LogP contribution >= 0.6 is 0 Å². The topological polar surface area (TPSA) is 58.7 Å². The van der Waals surface area contributed by atoms with E-state index < -0.39 is 11.1 Å². The Bertz CT molecular complexity index is 156. The van der Waals surface area contributed by atoms with Crippen LogP contribution in [0.25, 0.3) is 0 Å². The Balaban J connectivity index is 2.55. The maximum absolute atomic E-state index is 10.1. The third-order valence-corrected chi connectivity index (χ3v) is 1.11. The molecule has 5 nitrogen and oxygen atoms in total. The van der Waals surface area contributed by atoms with Crippen LogP contribution in [0, 0.1) is 16.5 Å². The fraction of sp³-hybridized carbons (Fsp3) is 0.500. The van der Waals surface area contributed by atoms with Crippen molar-refractivity contribution in [3.63, 3.8) is 0 Å². The van der Waals surface area contributed by atoms with Crippen molar-refractivity contribution in [2.45, 2.75) is 6.17 Å². The Hall–Kier alpha value is -1.13. The largest absolute Gasteiger partial charge is 0.309 e. The molecule has 0 N–H and O–H groups in total. The van der Waals surface area contributed by atoms with Gasteiger partial charge in [0, 0.05) is 18.2 Å². The van der Waals surface area contributed by atoms with Crippen LogP contribution in [-0.4, -0.2) is 29.4 Å². The van der Waals surface area contributed by atoms with E-state index in [1.807, 2.05) is 0 Å². The number of rotatable bonds is 1. The van der Waals surface area contributed by atoms with Crippen molar-refractivity contribution >= 4 is 6.21 Å². The van der Waals surface area contributed by atoms with E-state index in [1.54, 1.807) is 7.05 Å². The molecule has 0 aliphatic carbocycles. The normalized spacial score (nSPS) is 25.0. The maximum atomic E-state index is 10.1. The summed E-state index contributed by atoms with van der Waals surface area (Å²) < 4.78 is 0. The molecular weight excluding hydrogens is 122 g/mol. The molecule has 0 aromatic rings. The van der Waals surface area contributed by atoms with E-state index in [-0.39, 0.29) is 0 Å². The molecule has 1 aliphatic rings. The minimum Gasteiger partial charge on any atom is -0.262 e. The summed E-state index contributed by atoms with van der Waals surface area (Å²) in [6, 6.07) is 0. The Morgan fingerprint density at radius 1 is 1.89 bits per heavy atom. The third kappa shape index (κ3) is 0.984. The molecule has 1 atom stereocenters. The molecule has 0 saturated carbocycles. The van der Waals surface area contributed by atoms with Crippen LogP contribution in [0.3, 0.4) is 0 Å². The predicted octanol–water partition coefficient (Wildman–Crippen LogP) is -0.275. The Labute approximate surface area is 52.1 Å². The Kier molecular flexibility index (Phi) is 1.33. The summed E-state index contributed by atoms with van der Waals surface area (Å²) in [6.45, 7) is 0. The molecule has 0 bridgehead atoms. The molecule has 49 valence electrons. The van der Waals surface area contributed by atoms with E-state index in [1.165, 1.54) is 17.6 Å². The number of nitrogens with zero attached hydrogens (tertiary/aromatic N) is 3. The minimum absolute atomic E-state index is 0.396. The predicted molar refractivity (Wildman–Crippen MR) is 31.3 cm³/mol. The SMILES string of the molecule is CN1N=C[CH]C1[N+](=O)[O-]. The second-order valence-electron chi connectivity index (χ2n) is 1.73. The molecular formula is C4H6N3O2. The van der Waals surface area contributed by atoms with Crippen molar-refractivity contribution in [1.82, 2.24) is 5.01 Å². The second kappa shape index (κ2) is 2.00. The zero-order valence-electron chi connectivity index (χ0n) is 4.89. The number of hydrogen-bond donors (Lipinski definition) is 0. The lowest BCUT2D eigenvalue weighted by molar-refractivity contribution is -0.536. The van der Waals surface area contributed by atoms with Crippen LogP contribution in [0.1, 0.15) is 0 Å². The van der Waals surface area contributed by atoms with E-state index in [0.717, 1.165) is 0 Å². The van der Waals surface area contributed by atoms with Gasteiger partial charge >= 0.3 is 6.17 Å². The first-order chi connectivity index (χ1) is 4.22. The van der Waals surface area contributed by atoms with Gasteiger partial charge in [-0.3, -0.25) is 10.1 Å². The van der Waals surface area contributed by atoms with Gasteiger partial charge in [0.1, 0.15) is 6.42 Å². The third-order valence-electron chi connectivity index (χ3n) is 1.11. The van der Waals surface area contributed by atoms with Gasteiger partial charge in [0.2, 0.25) is 0 Å². The molecule has 9 heavy (non-hydrogen) atoms. The van der Waals surface area contributed by atoms with E-state index in [0.29, 0.717) is 0 Å². The van der Waals surface area contributed by atoms with Crippen LogP contribution in [0.4, 0.5) is 0 Å². The molecule has 5 heteroatoms. The van der Waals surface area contributed by atoms with Crippen LogP contribution in [0.15, 0.2) is 5.10 Å². The van der Waals surface area contributed by atoms with Gasteiger partial charge < -0.3 is 0 Å². The molecule has 0 spiro atoms. The molecule has 0 fully saturated rings. The minimum atomic E-state index is -0.759. The van der Waals surface area contributed by atoms with Crippen LogP contribution in [0.5, 0.6) is 0 Å². The Morgan fingerprint density at radius 2 is 2.56 bits per heavy atom. The number of nitro groups is 1. The van der Waals surface area contributed by atoms with Crippen molar-refractivity contribution in [3.05, 3.63) is 16.5 Å². The second-order valence-corrected chi connectivity index (χ2v) is 1.73. The van der Waals surface area contributed by atoms with Gasteiger partial charge in [0.05, 0.1) is 0 Å². The van der Waals surface area contributed by atoms with Gasteiger partial charge in [-0.1, -0.05) is 0 Å². The summed E-state index contributed by atoms with van der Waals surface area (Å²) in [5.74, 6) is 0. The highest BCUT2D eigenvalue weighted by atomic mass is 16.6. The first-order valence-electron chi connectivity index (χ1n) is 2.45. The summed E-state index contributed by atoms with van der Waals surface area (Å²) in [4.78, 5) is 9.67. The van der Waals surface area contributed by atoms with E-state index in [2.05, 4.69) is 5.10 Å². The lowest BCUT2D eigenvalue weighted by atomic mass is 10.4. The highest BCUT2D eigenvalue weighted by Gasteiger charge is 2.27. The fourth-order valence-electron chi connectivity index (χ4n) is 0.620. The van der Waals surface area contributed by atoms with E-state index in [9.17, 15) is 10.1 Å². The molecule has 0 aromatic heterocycles. The van der Waals surface area contributed by atoms with Crippen LogP contribution in [0.2, 0.25) is 0 Å². The quantitative estimate of drug-likeness (QED) is 0.360. The zero-order valence-corrected chi connectivity index (χ0v) is 4.89. The summed E-state index contributed by atoms with van der Waals surface area (Å²) in [5.41, 5.74) is 0. The number of hydrogen-bond acceptors (Lipinski definition) is 4. The summed E-state index contributed by atoms with van der Waals surface area (Å²) in [5, 5.41) is 15.0. The van der Waals surface area contributed by atoms with Gasteiger partial charge in [-0.2, -0.15) is 5.10 Å². The monoisotopic (exact) mass is 128 g/mol. The standard InChI is InChI=1S/C4H6N3O2/c1-6-4(7(8)9)2-3-5-6/h2-4H,1H3. The van der Waals surface area contributed by atoms with Gasteiger partial charge in [-0.15, -0.1) is 0 Å². The highest BCUT2D eigenvalue weighted by molar-refractivity contribution is 5.70. The van der Waals surface area contributed by atoms with Crippen molar-refractivity contribution in [3.8, 4) is 0 Å². The summed E-state index contributed by atoms with van der Waals surface area (Å²) >= 11 is 0. The zero-order chi connectivity index (χ0) is 6.85. The maximum Gasteiger partial charge on any atom is 0.309 e. The molecule has 1 heterocycles. The van der Waals surface area contributed by atoms with Gasteiger partial charge in [-0.05, 0) is 0 Å². The van der Waals surface area contributed by atoms with Crippen molar-refractivity contribution in [1.29, 1.82) is 0 Å². The smallest absolute Gasteiger partial charge is 0.262 e. The van der Waals surface area contributed by atoms with Crippen molar-refractivity contribution in [2.75, 3.05) is 7.05 Å². The lowest BCUT2D eigenvalue weighted by Crippen LogP contribution is -2.30. The van der Waals surface area contributed by atoms with Crippen LogP contribution in [-0.2, 0) is 0 Å². The van der Waals surface area contributed by atoms with Gasteiger partial charge in [-0.25, -0.2) is 5.01 Å². The first kappa shape index (κ1) is 6.00. The average molecular weight is 128 g/mol.